The number of hydrogen-bond acceptors (Lipinski definition) is 1. The first-order valence-electron chi connectivity index (χ1n) is 7.99. The molecule has 1 nitrogen and oxygen atoms in total. The highest BCUT2D eigenvalue weighted by Gasteiger charge is 2.17. The zero-order valence-electron chi connectivity index (χ0n) is 14.3. The van der Waals surface area contributed by atoms with Crippen LogP contribution < -0.4 is 5.32 Å². The van der Waals surface area contributed by atoms with Gasteiger partial charge in [0.15, 0.2) is 0 Å². The van der Waals surface area contributed by atoms with Gasteiger partial charge in [0.1, 0.15) is 0 Å². The second kappa shape index (κ2) is 7.64. The van der Waals surface area contributed by atoms with Crippen LogP contribution in [0.4, 0.5) is 5.69 Å². The molecule has 0 saturated heterocycles. The number of benzene rings is 2. The van der Waals surface area contributed by atoms with Crippen LogP contribution in [0.15, 0.2) is 61.7 Å². The summed E-state index contributed by atoms with van der Waals surface area (Å²) in [5.41, 5.74) is 9.25. The van der Waals surface area contributed by atoms with Gasteiger partial charge in [-0.3, -0.25) is 0 Å². The summed E-state index contributed by atoms with van der Waals surface area (Å²) in [6, 6.07) is 12.9. The van der Waals surface area contributed by atoms with Crippen LogP contribution in [0, 0.1) is 6.92 Å². The van der Waals surface area contributed by atoms with E-state index < -0.39 is 0 Å². The Bertz CT molecular complexity index is 736. The van der Waals surface area contributed by atoms with Gasteiger partial charge >= 0.3 is 0 Å². The van der Waals surface area contributed by atoms with E-state index in [0.717, 1.165) is 6.42 Å². The van der Waals surface area contributed by atoms with E-state index in [9.17, 15) is 0 Å². The molecule has 1 aliphatic carbocycles. The molecule has 2 aromatic carbocycles. The highest BCUT2D eigenvalue weighted by Crippen LogP contribution is 2.37. The molecule has 0 heterocycles. The molecule has 1 aliphatic rings. The number of hydrogen-bond donors (Lipinski definition) is 1. The van der Waals surface area contributed by atoms with Gasteiger partial charge in [-0.05, 0) is 54.2 Å². The van der Waals surface area contributed by atoms with Crippen LogP contribution in [-0.4, -0.2) is 7.05 Å². The lowest BCUT2D eigenvalue weighted by molar-refractivity contribution is 1.23. The SMILES string of the molecule is C/C=C(/c1ccccc1)c1cc2c(c(C)c1NC)CC=C2.C=C. The average Bonchev–Trinajstić information content (AvgIpc) is 3.08. The van der Waals surface area contributed by atoms with Crippen molar-refractivity contribution in [2.24, 2.45) is 0 Å². The molecular weight excluding hydrogens is 278 g/mol. The van der Waals surface area contributed by atoms with E-state index >= 15 is 0 Å². The third-order valence-electron chi connectivity index (χ3n) is 4.28. The largest absolute Gasteiger partial charge is 0.387 e. The van der Waals surface area contributed by atoms with Crippen molar-refractivity contribution in [2.45, 2.75) is 20.3 Å². The number of anilines is 1. The standard InChI is InChI=1S/C20H21N.C2H4/c1-4-17(15-9-6-5-7-10-15)19-13-16-11-8-12-18(16)14(2)20(19)21-3;1-2/h4-11,13,21H,12H2,1-3H3;1-2H2/b17-4-;. The smallest absolute Gasteiger partial charge is 0.0450 e. The maximum absolute atomic E-state index is 3.41. The van der Waals surface area contributed by atoms with Crippen molar-refractivity contribution >= 4 is 17.3 Å². The van der Waals surface area contributed by atoms with Gasteiger partial charge in [0.2, 0.25) is 0 Å². The van der Waals surface area contributed by atoms with Crippen molar-refractivity contribution in [2.75, 3.05) is 12.4 Å². The Morgan fingerprint density at radius 1 is 1.17 bits per heavy atom. The second-order valence-electron chi connectivity index (χ2n) is 5.42. The molecule has 0 aromatic heterocycles. The molecular formula is C22H25N. The minimum atomic E-state index is 1.05. The van der Waals surface area contributed by atoms with Crippen molar-refractivity contribution in [3.05, 3.63) is 89.5 Å². The zero-order valence-corrected chi connectivity index (χ0v) is 14.3. The topological polar surface area (TPSA) is 12.0 Å². The van der Waals surface area contributed by atoms with Crippen molar-refractivity contribution in [3.63, 3.8) is 0 Å². The van der Waals surface area contributed by atoms with Crippen molar-refractivity contribution in [1.29, 1.82) is 0 Å². The summed E-state index contributed by atoms with van der Waals surface area (Å²) >= 11 is 0. The molecule has 0 bridgehead atoms. The molecule has 118 valence electrons. The fourth-order valence-corrected chi connectivity index (χ4v) is 3.24. The van der Waals surface area contributed by atoms with Gasteiger partial charge in [0.25, 0.3) is 0 Å². The first kappa shape index (κ1) is 16.8. The van der Waals surface area contributed by atoms with Gasteiger partial charge in [0.05, 0.1) is 0 Å². The van der Waals surface area contributed by atoms with Gasteiger partial charge < -0.3 is 5.32 Å². The van der Waals surface area contributed by atoms with E-state index in [1.807, 2.05) is 7.05 Å². The highest BCUT2D eigenvalue weighted by molar-refractivity contribution is 5.89. The summed E-state index contributed by atoms with van der Waals surface area (Å²) < 4.78 is 0. The van der Waals surface area contributed by atoms with Gasteiger partial charge in [0, 0.05) is 18.3 Å². The fourth-order valence-electron chi connectivity index (χ4n) is 3.24. The summed E-state index contributed by atoms with van der Waals surface area (Å²) in [5, 5.41) is 3.41. The lowest BCUT2D eigenvalue weighted by atomic mass is 9.90. The number of fused-ring (bicyclic) bond motifs is 1. The summed E-state index contributed by atoms with van der Waals surface area (Å²) in [6.07, 6.45) is 7.74. The maximum Gasteiger partial charge on any atom is 0.0450 e. The minimum absolute atomic E-state index is 1.05. The predicted octanol–water partition coefficient (Wildman–Crippen LogP) is 5.86. The molecule has 2 aromatic rings. The van der Waals surface area contributed by atoms with Crippen LogP contribution in [0.3, 0.4) is 0 Å². The molecule has 0 atom stereocenters. The molecule has 0 saturated carbocycles. The van der Waals surface area contributed by atoms with Crippen LogP contribution in [0.1, 0.15) is 34.7 Å². The molecule has 0 unspecified atom stereocenters. The highest BCUT2D eigenvalue weighted by atomic mass is 14.8. The molecule has 0 radical (unpaired) electrons. The number of rotatable bonds is 3. The molecule has 1 heteroatoms. The quantitative estimate of drug-likeness (QED) is 0.700. The Kier molecular flexibility index (Phi) is 5.59. The second-order valence-corrected chi connectivity index (χ2v) is 5.42. The van der Waals surface area contributed by atoms with Crippen molar-refractivity contribution in [3.8, 4) is 0 Å². The van der Waals surface area contributed by atoms with Crippen LogP contribution in [-0.2, 0) is 6.42 Å². The Morgan fingerprint density at radius 3 is 2.48 bits per heavy atom. The Hall–Kier alpha value is -2.54. The maximum atomic E-state index is 3.41. The Morgan fingerprint density at radius 2 is 1.87 bits per heavy atom. The summed E-state index contributed by atoms with van der Waals surface area (Å²) in [4.78, 5) is 0. The first-order chi connectivity index (χ1) is 11.3. The van der Waals surface area contributed by atoms with Crippen LogP contribution in [0.2, 0.25) is 0 Å². The third kappa shape index (κ3) is 3.14. The normalized spacial score (nSPS) is 12.4. The molecule has 0 spiro atoms. The Labute approximate surface area is 140 Å². The first-order valence-corrected chi connectivity index (χ1v) is 7.99. The molecule has 1 N–H and O–H groups in total. The van der Waals surface area contributed by atoms with Crippen LogP contribution in [0.25, 0.3) is 11.6 Å². The molecule has 23 heavy (non-hydrogen) atoms. The summed E-state index contributed by atoms with van der Waals surface area (Å²) in [6.45, 7) is 10.3. The van der Waals surface area contributed by atoms with E-state index in [2.05, 4.69) is 86.9 Å². The molecule has 0 aliphatic heterocycles. The predicted molar refractivity (Wildman–Crippen MR) is 104 cm³/mol. The Balaban J connectivity index is 0.000000924. The van der Waals surface area contributed by atoms with Gasteiger partial charge in [-0.25, -0.2) is 0 Å². The molecule has 0 amide bonds. The van der Waals surface area contributed by atoms with Gasteiger partial charge in [-0.15, -0.1) is 13.2 Å². The number of nitrogens with one attached hydrogen (secondary N) is 1. The zero-order chi connectivity index (χ0) is 16.8. The van der Waals surface area contributed by atoms with E-state index in [0.29, 0.717) is 0 Å². The molecule has 0 fully saturated rings. The molecule has 3 rings (SSSR count). The summed E-state index contributed by atoms with van der Waals surface area (Å²) in [5.74, 6) is 0. The third-order valence-corrected chi connectivity index (χ3v) is 4.28. The van der Waals surface area contributed by atoms with Crippen molar-refractivity contribution in [1.82, 2.24) is 0 Å². The lowest BCUT2D eigenvalue weighted by Gasteiger charge is -2.19. The van der Waals surface area contributed by atoms with Crippen LogP contribution in [0.5, 0.6) is 0 Å². The lowest BCUT2D eigenvalue weighted by Crippen LogP contribution is -2.03. The number of allylic oxidation sites excluding steroid dienone is 2. The fraction of sp³-hybridized carbons (Fsp3) is 0.182. The summed E-state index contributed by atoms with van der Waals surface area (Å²) in [7, 11) is 2.01. The average molecular weight is 303 g/mol. The van der Waals surface area contributed by atoms with Gasteiger partial charge in [-0.1, -0.05) is 48.6 Å². The van der Waals surface area contributed by atoms with Crippen LogP contribution >= 0.6 is 0 Å². The van der Waals surface area contributed by atoms with Crippen molar-refractivity contribution < 1.29 is 0 Å². The van der Waals surface area contributed by atoms with E-state index in [1.54, 1.807) is 0 Å². The van der Waals surface area contributed by atoms with E-state index in [-0.39, 0.29) is 0 Å². The van der Waals surface area contributed by atoms with Gasteiger partial charge in [-0.2, -0.15) is 0 Å². The van der Waals surface area contributed by atoms with E-state index in [4.69, 9.17) is 0 Å². The van der Waals surface area contributed by atoms with E-state index in [1.165, 1.54) is 39.1 Å². The minimum Gasteiger partial charge on any atom is -0.387 e. The monoisotopic (exact) mass is 303 g/mol.